The van der Waals surface area contributed by atoms with Crippen molar-refractivity contribution in [2.24, 2.45) is 0 Å². The van der Waals surface area contributed by atoms with Crippen molar-refractivity contribution < 1.29 is 31.7 Å². The number of allylic oxidation sites excluding steroid dienone is 1. The van der Waals surface area contributed by atoms with Crippen molar-refractivity contribution in [3.05, 3.63) is 11.8 Å². The van der Waals surface area contributed by atoms with E-state index in [1.54, 1.807) is 6.92 Å². The Kier molecular flexibility index (Phi) is 7.74. The van der Waals surface area contributed by atoms with E-state index in [1.165, 1.54) is 14.0 Å². The zero-order valence-electron chi connectivity index (χ0n) is 6.80. The first-order valence-electron chi connectivity index (χ1n) is 3.02. The van der Waals surface area contributed by atoms with Gasteiger partial charge in [0.15, 0.2) is 5.78 Å². The van der Waals surface area contributed by atoms with Gasteiger partial charge in [0.2, 0.25) is 0 Å². The molecule has 0 aromatic carbocycles. The number of ether oxygens (including phenoxy) is 1. The first kappa shape index (κ1) is 13.3. The van der Waals surface area contributed by atoms with E-state index in [2.05, 4.69) is 0 Å². The predicted molar refractivity (Wildman–Crippen MR) is 37.9 cm³/mol. The van der Waals surface area contributed by atoms with Crippen LogP contribution in [-0.4, -0.2) is 24.1 Å². The second-order valence-corrected chi connectivity index (χ2v) is 2.06. The van der Waals surface area contributed by atoms with E-state index in [9.17, 15) is 4.79 Å². The summed E-state index contributed by atoms with van der Waals surface area (Å²) in [5, 5.41) is 9.00. The Bertz CT molecular complexity index is 154. The van der Waals surface area contributed by atoms with Crippen LogP contribution < -0.4 is 0 Å². The predicted octanol–water partition coefficient (Wildman–Crippen LogP) is 1.05. The molecule has 0 aromatic heterocycles. The third-order valence-electron chi connectivity index (χ3n) is 1.12. The molecular weight excluding hydrogens is 187 g/mol. The van der Waals surface area contributed by atoms with Gasteiger partial charge in [0.25, 0.3) is 0 Å². The number of carbonyl (C=O) groups excluding carboxylic acids is 1. The van der Waals surface area contributed by atoms with Crippen LogP contribution in [-0.2, 0) is 26.6 Å². The van der Waals surface area contributed by atoms with Gasteiger partial charge in [-0.1, -0.05) is 0 Å². The van der Waals surface area contributed by atoms with Crippen LogP contribution in [0, 0.1) is 0 Å². The summed E-state index contributed by atoms with van der Waals surface area (Å²) in [6.07, 6.45) is 0.748. The first-order chi connectivity index (χ1) is 4.57. The molecule has 0 fully saturated rings. The van der Waals surface area contributed by atoms with Gasteiger partial charge in [0.1, 0.15) is 11.9 Å². The molecule has 0 amide bonds. The van der Waals surface area contributed by atoms with Gasteiger partial charge in [-0.25, -0.2) is 0 Å². The Labute approximate surface area is 76.9 Å². The summed E-state index contributed by atoms with van der Waals surface area (Å²) < 4.78 is 4.74. The molecule has 0 aliphatic carbocycles. The molecule has 0 saturated carbocycles. The molecule has 0 spiro atoms. The molecule has 4 heteroatoms. The van der Waals surface area contributed by atoms with Crippen LogP contribution in [0.25, 0.3) is 0 Å². The minimum atomic E-state index is -0.399. The van der Waals surface area contributed by atoms with Crippen molar-refractivity contribution in [2.75, 3.05) is 7.11 Å². The number of aliphatic hydroxyl groups is 1. The fourth-order valence-electron chi connectivity index (χ4n) is 0.446. The second kappa shape index (κ2) is 6.40. The average molecular weight is 199 g/mol. The van der Waals surface area contributed by atoms with Gasteiger partial charge in [0.05, 0.1) is 0 Å². The van der Waals surface area contributed by atoms with Crippen molar-refractivity contribution in [1.29, 1.82) is 0 Å². The van der Waals surface area contributed by atoms with E-state index >= 15 is 0 Å². The molecule has 1 atom stereocenters. The summed E-state index contributed by atoms with van der Waals surface area (Å²) in [5.74, 6) is -0.212. The number of hydrogen-bond donors (Lipinski definition) is 1. The van der Waals surface area contributed by atoms with Crippen molar-refractivity contribution in [3.63, 3.8) is 0 Å². The van der Waals surface area contributed by atoms with E-state index in [-0.39, 0.29) is 28.6 Å². The van der Waals surface area contributed by atoms with Crippen LogP contribution in [0.5, 0.6) is 0 Å². The Hall–Kier alpha value is -0.311. The van der Waals surface area contributed by atoms with E-state index in [0.717, 1.165) is 6.08 Å². The maximum atomic E-state index is 10.4. The van der Waals surface area contributed by atoms with Crippen molar-refractivity contribution >= 4 is 5.78 Å². The summed E-state index contributed by atoms with van der Waals surface area (Å²) in [7, 11) is 1.47. The standard InChI is InChI=1S/C7H12O3.Mn/c1-5(8)4-7(9)6(2)10-3;/h4,6,9H,1-3H3;/b7-4-;. The van der Waals surface area contributed by atoms with E-state index in [4.69, 9.17) is 9.84 Å². The van der Waals surface area contributed by atoms with Crippen LogP contribution >= 0.6 is 0 Å². The SMILES string of the molecule is COC(C)/C(O)=C/C(C)=O.[Mn]. The smallest absolute Gasteiger partial charge is 0.156 e. The monoisotopic (exact) mass is 199 g/mol. The molecule has 0 aromatic rings. The molecule has 1 N–H and O–H groups in total. The molecule has 0 heterocycles. The molecule has 0 saturated heterocycles. The topological polar surface area (TPSA) is 46.5 Å². The molecule has 11 heavy (non-hydrogen) atoms. The van der Waals surface area contributed by atoms with E-state index in [0.29, 0.717) is 0 Å². The maximum absolute atomic E-state index is 10.4. The maximum Gasteiger partial charge on any atom is 0.156 e. The fourth-order valence-corrected chi connectivity index (χ4v) is 0.446. The Morgan fingerprint density at radius 1 is 1.64 bits per heavy atom. The number of ketones is 1. The third-order valence-corrected chi connectivity index (χ3v) is 1.12. The minimum Gasteiger partial charge on any atom is -0.509 e. The summed E-state index contributed by atoms with van der Waals surface area (Å²) in [5.41, 5.74) is 0. The molecule has 1 radical (unpaired) electrons. The number of rotatable bonds is 3. The Morgan fingerprint density at radius 3 is 2.36 bits per heavy atom. The second-order valence-electron chi connectivity index (χ2n) is 2.06. The average Bonchev–Trinajstić information content (AvgIpc) is 1.85. The largest absolute Gasteiger partial charge is 0.509 e. The molecule has 0 rings (SSSR count). The van der Waals surface area contributed by atoms with Crippen LogP contribution in [0.2, 0.25) is 0 Å². The molecule has 3 nitrogen and oxygen atoms in total. The molecule has 0 aliphatic heterocycles. The van der Waals surface area contributed by atoms with Crippen LogP contribution in [0.3, 0.4) is 0 Å². The zero-order chi connectivity index (χ0) is 8.15. The summed E-state index contributed by atoms with van der Waals surface area (Å²) in [4.78, 5) is 10.4. The van der Waals surface area contributed by atoms with Gasteiger partial charge in [0, 0.05) is 30.3 Å². The van der Waals surface area contributed by atoms with Crippen molar-refractivity contribution in [3.8, 4) is 0 Å². The van der Waals surface area contributed by atoms with Gasteiger partial charge < -0.3 is 9.84 Å². The number of carbonyl (C=O) groups is 1. The molecule has 0 bridgehead atoms. The molecular formula is C7H12MnO3. The van der Waals surface area contributed by atoms with Crippen LogP contribution in [0.1, 0.15) is 13.8 Å². The van der Waals surface area contributed by atoms with Crippen LogP contribution in [0.15, 0.2) is 11.8 Å². The molecule has 1 unspecified atom stereocenters. The third kappa shape index (κ3) is 6.10. The van der Waals surface area contributed by atoms with Gasteiger partial charge in [-0.3, -0.25) is 4.79 Å². The zero-order valence-corrected chi connectivity index (χ0v) is 7.98. The Balaban J connectivity index is 0. The summed E-state index contributed by atoms with van der Waals surface area (Å²) in [6.45, 7) is 3.04. The van der Waals surface area contributed by atoms with Gasteiger partial charge >= 0.3 is 0 Å². The summed E-state index contributed by atoms with van der Waals surface area (Å²) >= 11 is 0. The van der Waals surface area contributed by atoms with Gasteiger partial charge in [-0.05, 0) is 13.8 Å². The molecule has 0 aliphatic rings. The normalized spacial score (nSPS) is 13.5. The van der Waals surface area contributed by atoms with Crippen molar-refractivity contribution in [1.82, 2.24) is 0 Å². The summed E-state index contributed by atoms with van der Waals surface area (Å²) in [6, 6.07) is 0. The van der Waals surface area contributed by atoms with E-state index < -0.39 is 6.10 Å². The van der Waals surface area contributed by atoms with Crippen LogP contribution in [0.4, 0.5) is 0 Å². The van der Waals surface area contributed by atoms with Gasteiger partial charge in [-0.2, -0.15) is 0 Å². The number of hydrogen-bond acceptors (Lipinski definition) is 3. The quantitative estimate of drug-likeness (QED) is 0.419. The first-order valence-corrected chi connectivity index (χ1v) is 3.02. The van der Waals surface area contributed by atoms with Gasteiger partial charge in [-0.15, -0.1) is 0 Å². The van der Waals surface area contributed by atoms with Crippen molar-refractivity contribution in [2.45, 2.75) is 20.0 Å². The number of aliphatic hydroxyl groups excluding tert-OH is 1. The Morgan fingerprint density at radius 2 is 2.09 bits per heavy atom. The minimum absolute atomic E-state index is 0. The number of methoxy groups -OCH3 is 1. The molecule has 65 valence electrons. The fraction of sp³-hybridized carbons (Fsp3) is 0.571. The van der Waals surface area contributed by atoms with E-state index in [1.807, 2.05) is 0 Å².